The zero-order chi connectivity index (χ0) is 20.1. The Morgan fingerprint density at radius 1 is 0.897 bits per heavy atom. The van der Waals surface area contributed by atoms with Crippen molar-refractivity contribution < 1.29 is 9.53 Å². The van der Waals surface area contributed by atoms with E-state index in [0.29, 0.717) is 24.5 Å². The Hall–Kier alpha value is -3.73. The molecule has 144 valence electrons. The Bertz CT molecular complexity index is 1130. The van der Waals surface area contributed by atoms with Gasteiger partial charge in [0.15, 0.2) is 0 Å². The summed E-state index contributed by atoms with van der Waals surface area (Å²) in [4.78, 5) is 20.9. The average molecular weight is 383 g/mol. The second-order valence-electron chi connectivity index (χ2n) is 6.78. The minimum absolute atomic E-state index is 0.187. The SMILES string of the molecule is CNc1ccc2c(Oc3ccc(CC(=O)Cc4ccccc4)cc3)ncnc2c1. The van der Waals surface area contributed by atoms with Crippen LogP contribution >= 0.6 is 0 Å². The van der Waals surface area contributed by atoms with Gasteiger partial charge in [0.1, 0.15) is 17.9 Å². The van der Waals surface area contributed by atoms with Crippen LogP contribution in [0.15, 0.2) is 79.1 Å². The third kappa shape index (κ3) is 4.58. The van der Waals surface area contributed by atoms with Crippen LogP contribution in [0, 0.1) is 0 Å². The molecule has 3 aromatic carbocycles. The van der Waals surface area contributed by atoms with Crippen molar-refractivity contribution in [1.82, 2.24) is 9.97 Å². The molecule has 0 unspecified atom stereocenters. The fraction of sp³-hybridized carbons (Fsp3) is 0.125. The number of nitrogens with one attached hydrogen (secondary N) is 1. The van der Waals surface area contributed by atoms with Gasteiger partial charge in [-0.1, -0.05) is 42.5 Å². The molecule has 0 saturated heterocycles. The van der Waals surface area contributed by atoms with E-state index < -0.39 is 0 Å². The van der Waals surface area contributed by atoms with Crippen LogP contribution < -0.4 is 10.1 Å². The number of fused-ring (bicyclic) bond motifs is 1. The first-order valence-electron chi connectivity index (χ1n) is 9.46. The van der Waals surface area contributed by atoms with Crippen LogP contribution in [-0.2, 0) is 17.6 Å². The quantitative estimate of drug-likeness (QED) is 0.496. The van der Waals surface area contributed by atoms with E-state index in [-0.39, 0.29) is 5.78 Å². The monoisotopic (exact) mass is 383 g/mol. The Labute approximate surface area is 169 Å². The number of carbonyl (C=O) groups is 1. The highest BCUT2D eigenvalue weighted by molar-refractivity contribution is 5.86. The predicted octanol–water partition coefficient (Wildman–Crippen LogP) is 4.82. The molecular weight excluding hydrogens is 362 g/mol. The summed E-state index contributed by atoms with van der Waals surface area (Å²) in [6, 6.07) is 23.2. The van der Waals surface area contributed by atoms with Crippen LogP contribution in [0.3, 0.4) is 0 Å². The molecule has 0 saturated carbocycles. The molecule has 4 rings (SSSR count). The summed E-state index contributed by atoms with van der Waals surface area (Å²) >= 11 is 0. The topological polar surface area (TPSA) is 64.1 Å². The third-order valence-electron chi connectivity index (χ3n) is 4.67. The number of Topliss-reactive ketones (excluding diaryl/α,β-unsaturated/α-hetero) is 1. The first-order chi connectivity index (χ1) is 14.2. The van der Waals surface area contributed by atoms with E-state index in [9.17, 15) is 4.79 Å². The molecule has 0 aliphatic rings. The molecule has 29 heavy (non-hydrogen) atoms. The number of benzene rings is 3. The van der Waals surface area contributed by atoms with Gasteiger partial charge in [0.2, 0.25) is 5.88 Å². The largest absolute Gasteiger partial charge is 0.438 e. The Kier molecular flexibility index (Phi) is 5.47. The maximum absolute atomic E-state index is 12.3. The molecule has 0 fully saturated rings. The summed E-state index contributed by atoms with van der Waals surface area (Å²) in [5, 5.41) is 3.94. The van der Waals surface area contributed by atoms with Crippen molar-refractivity contribution in [2.75, 3.05) is 12.4 Å². The van der Waals surface area contributed by atoms with Gasteiger partial charge in [-0.2, -0.15) is 0 Å². The van der Waals surface area contributed by atoms with Crippen molar-refractivity contribution in [2.45, 2.75) is 12.8 Å². The van der Waals surface area contributed by atoms with Gasteiger partial charge in [0.25, 0.3) is 0 Å². The standard InChI is InChI=1S/C24H21N3O2/c1-25-19-9-12-22-23(15-19)26-16-27-24(22)29-21-10-7-18(8-11-21)14-20(28)13-17-5-3-2-4-6-17/h2-12,15-16,25H,13-14H2,1H3. The lowest BCUT2D eigenvalue weighted by atomic mass is 10.0. The minimum atomic E-state index is 0.187. The predicted molar refractivity (Wildman–Crippen MR) is 114 cm³/mol. The number of anilines is 1. The molecule has 5 heteroatoms. The Morgan fingerprint density at radius 2 is 1.62 bits per heavy atom. The molecule has 1 heterocycles. The summed E-state index contributed by atoms with van der Waals surface area (Å²) in [5.41, 5.74) is 3.79. The van der Waals surface area contributed by atoms with E-state index in [4.69, 9.17) is 4.74 Å². The summed E-state index contributed by atoms with van der Waals surface area (Å²) < 4.78 is 5.96. The van der Waals surface area contributed by atoms with Gasteiger partial charge in [-0.3, -0.25) is 4.79 Å². The van der Waals surface area contributed by atoms with Crippen molar-refractivity contribution in [3.8, 4) is 11.6 Å². The van der Waals surface area contributed by atoms with Crippen molar-refractivity contribution in [2.24, 2.45) is 0 Å². The number of ether oxygens (including phenoxy) is 1. The maximum atomic E-state index is 12.3. The van der Waals surface area contributed by atoms with Gasteiger partial charge in [-0.15, -0.1) is 0 Å². The van der Waals surface area contributed by atoms with Gasteiger partial charge < -0.3 is 10.1 Å². The van der Waals surface area contributed by atoms with E-state index in [1.165, 1.54) is 6.33 Å². The number of aromatic nitrogens is 2. The van der Waals surface area contributed by atoms with Crippen molar-refractivity contribution in [3.05, 3.63) is 90.3 Å². The highest BCUT2D eigenvalue weighted by Gasteiger charge is 2.09. The minimum Gasteiger partial charge on any atom is -0.438 e. The zero-order valence-electron chi connectivity index (χ0n) is 16.1. The number of hydrogen-bond acceptors (Lipinski definition) is 5. The fourth-order valence-electron chi connectivity index (χ4n) is 3.17. The number of carbonyl (C=O) groups excluding carboxylic acids is 1. The van der Waals surface area contributed by atoms with E-state index in [0.717, 1.165) is 27.7 Å². The van der Waals surface area contributed by atoms with Gasteiger partial charge in [0, 0.05) is 25.6 Å². The van der Waals surface area contributed by atoms with E-state index in [1.807, 2.05) is 79.8 Å². The van der Waals surface area contributed by atoms with Crippen LogP contribution in [-0.4, -0.2) is 22.8 Å². The molecule has 1 N–H and O–H groups in total. The molecular formula is C24H21N3O2. The van der Waals surface area contributed by atoms with Gasteiger partial charge >= 0.3 is 0 Å². The Balaban J connectivity index is 1.44. The van der Waals surface area contributed by atoms with Crippen molar-refractivity contribution in [1.29, 1.82) is 0 Å². The summed E-state index contributed by atoms with van der Waals surface area (Å²) in [5.74, 6) is 1.36. The summed E-state index contributed by atoms with van der Waals surface area (Å²) in [6.45, 7) is 0. The lowest BCUT2D eigenvalue weighted by Gasteiger charge is -2.09. The van der Waals surface area contributed by atoms with Gasteiger partial charge in [-0.05, 0) is 41.5 Å². The van der Waals surface area contributed by atoms with E-state index in [1.54, 1.807) is 0 Å². The smallest absolute Gasteiger partial charge is 0.230 e. The van der Waals surface area contributed by atoms with Gasteiger partial charge in [0.05, 0.1) is 10.9 Å². The first kappa shape index (κ1) is 18.6. The third-order valence-corrected chi connectivity index (χ3v) is 4.67. The number of ketones is 1. The highest BCUT2D eigenvalue weighted by Crippen LogP contribution is 2.28. The molecule has 0 atom stereocenters. The van der Waals surface area contributed by atoms with Crippen molar-refractivity contribution >= 4 is 22.4 Å². The molecule has 0 radical (unpaired) electrons. The normalized spacial score (nSPS) is 10.7. The molecule has 0 bridgehead atoms. The maximum Gasteiger partial charge on any atom is 0.230 e. The molecule has 0 spiro atoms. The van der Waals surface area contributed by atoms with Gasteiger partial charge in [-0.25, -0.2) is 9.97 Å². The van der Waals surface area contributed by atoms with Crippen LogP contribution in [0.5, 0.6) is 11.6 Å². The Morgan fingerprint density at radius 3 is 2.34 bits per heavy atom. The van der Waals surface area contributed by atoms with Crippen LogP contribution in [0.2, 0.25) is 0 Å². The fourth-order valence-corrected chi connectivity index (χ4v) is 3.17. The van der Waals surface area contributed by atoms with Crippen LogP contribution in [0.1, 0.15) is 11.1 Å². The molecule has 0 aliphatic carbocycles. The second kappa shape index (κ2) is 8.52. The molecule has 4 aromatic rings. The molecule has 0 aliphatic heterocycles. The van der Waals surface area contributed by atoms with E-state index >= 15 is 0 Å². The zero-order valence-corrected chi connectivity index (χ0v) is 16.1. The lowest BCUT2D eigenvalue weighted by Crippen LogP contribution is -2.06. The molecule has 0 amide bonds. The average Bonchev–Trinajstić information content (AvgIpc) is 2.75. The number of nitrogens with zero attached hydrogens (tertiary/aromatic N) is 2. The second-order valence-corrected chi connectivity index (χ2v) is 6.78. The summed E-state index contributed by atoms with van der Waals surface area (Å²) in [7, 11) is 1.87. The van der Waals surface area contributed by atoms with Crippen LogP contribution in [0.4, 0.5) is 5.69 Å². The molecule has 1 aromatic heterocycles. The number of hydrogen-bond donors (Lipinski definition) is 1. The van der Waals surface area contributed by atoms with E-state index in [2.05, 4.69) is 15.3 Å². The summed E-state index contributed by atoms with van der Waals surface area (Å²) in [6.07, 6.45) is 2.34. The highest BCUT2D eigenvalue weighted by atomic mass is 16.5. The first-order valence-corrected chi connectivity index (χ1v) is 9.46. The molecule has 5 nitrogen and oxygen atoms in total. The van der Waals surface area contributed by atoms with Crippen molar-refractivity contribution in [3.63, 3.8) is 0 Å². The van der Waals surface area contributed by atoms with Crippen LogP contribution in [0.25, 0.3) is 10.9 Å². The number of rotatable bonds is 7. The lowest BCUT2D eigenvalue weighted by molar-refractivity contribution is -0.117.